The van der Waals surface area contributed by atoms with Crippen LogP contribution >= 0.6 is 0 Å². The Morgan fingerprint density at radius 3 is 2.65 bits per heavy atom. The van der Waals surface area contributed by atoms with E-state index in [9.17, 15) is 4.79 Å². The summed E-state index contributed by atoms with van der Waals surface area (Å²) in [5.41, 5.74) is 5.95. The lowest BCUT2D eigenvalue weighted by molar-refractivity contribution is -0.123. The van der Waals surface area contributed by atoms with Crippen LogP contribution in [0.3, 0.4) is 0 Å². The molecule has 2 aliphatic rings. The van der Waals surface area contributed by atoms with Crippen molar-refractivity contribution in [1.29, 1.82) is 0 Å². The van der Waals surface area contributed by atoms with Crippen molar-refractivity contribution in [3.05, 3.63) is 0 Å². The van der Waals surface area contributed by atoms with Crippen molar-refractivity contribution in [2.45, 2.75) is 70.4 Å². The predicted molar refractivity (Wildman–Crippen MR) is 69.5 cm³/mol. The van der Waals surface area contributed by atoms with E-state index < -0.39 is 0 Å². The maximum Gasteiger partial charge on any atom is 0.220 e. The summed E-state index contributed by atoms with van der Waals surface area (Å²) in [7, 11) is 0. The molecule has 0 aromatic carbocycles. The fourth-order valence-electron chi connectivity index (χ4n) is 3.41. The van der Waals surface area contributed by atoms with Gasteiger partial charge in [0.25, 0.3) is 0 Å². The summed E-state index contributed by atoms with van der Waals surface area (Å²) in [4.78, 5) is 12.0. The third-order valence-corrected chi connectivity index (χ3v) is 4.51. The Bertz CT molecular complexity index is 267. The van der Waals surface area contributed by atoms with E-state index in [0.29, 0.717) is 30.3 Å². The van der Waals surface area contributed by atoms with Gasteiger partial charge < -0.3 is 11.1 Å². The van der Waals surface area contributed by atoms with Gasteiger partial charge in [0.15, 0.2) is 0 Å². The van der Waals surface area contributed by atoms with Gasteiger partial charge in [0.1, 0.15) is 0 Å². The number of hydrogen-bond acceptors (Lipinski definition) is 2. The summed E-state index contributed by atoms with van der Waals surface area (Å²) in [5, 5.41) is 3.21. The molecule has 0 aromatic heterocycles. The van der Waals surface area contributed by atoms with E-state index in [1.807, 2.05) is 0 Å². The predicted octanol–water partition coefficient (Wildman–Crippen LogP) is 2.20. The molecule has 2 rings (SSSR count). The highest BCUT2D eigenvalue weighted by atomic mass is 16.1. The normalized spacial score (nSPS) is 38.0. The van der Waals surface area contributed by atoms with Gasteiger partial charge in [-0.25, -0.2) is 0 Å². The van der Waals surface area contributed by atoms with Crippen molar-refractivity contribution in [1.82, 2.24) is 5.32 Å². The first-order valence-corrected chi connectivity index (χ1v) is 7.20. The third kappa shape index (κ3) is 3.70. The fourth-order valence-corrected chi connectivity index (χ4v) is 3.41. The molecule has 2 saturated carbocycles. The average molecular weight is 238 g/mol. The van der Waals surface area contributed by atoms with E-state index in [0.717, 1.165) is 19.3 Å². The Balaban J connectivity index is 1.73. The van der Waals surface area contributed by atoms with Crippen LogP contribution in [-0.4, -0.2) is 18.0 Å². The molecule has 2 aliphatic carbocycles. The van der Waals surface area contributed by atoms with E-state index in [2.05, 4.69) is 12.2 Å². The smallest absolute Gasteiger partial charge is 0.220 e. The molecule has 3 nitrogen and oxygen atoms in total. The first-order chi connectivity index (χ1) is 8.15. The summed E-state index contributed by atoms with van der Waals surface area (Å²) in [5.74, 6) is 1.44. The minimum absolute atomic E-state index is 0.253. The van der Waals surface area contributed by atoms with Gasteiger partial charge in [0, 0.05) is 18.5 Å². The molecule has 2 fully saturated rings. The van der Waals surface area contributed by atoms with E-state index in [4.69, 9.17) is 5.73 Å². The molecule has 4 unspecified atom stereocenters. The van der Waals surface area contributed by atoms with Crippen LogP contribution in [0.4, 0.5) is 0 Å². The molecule has 0 bridgehead atoms. The monoisotopic (exact) mass is 238 g/mol. The molecule has 0 spiro atoms. The SMILES string of the molecule is CC1CCCC1NC(=O)CC1CCCC(N)C1. The number of rotatable bonds is 3. The van der Waals surface area contributed by atoms with Crippen LogP contribution in [0.2, 0.25) is 0 Å². The highest BCUT2D eigenvalue weighted by Gasteiger charge is 2.26. The van der Waals surface area contributed by atoms with Gasteiger partial charge in [-0.3, -0.25) is 4.79 Å². The van der Waals surface area contributed by atoms with Crippen LogP contribution in [0, 0.1) is 11.8 Å². The zero-order valence-corrected chi connectivity index (χ0v) is 11.0. The molecular formula is C14H26N2O. The van der Waals surface area contributed by atoms with Crippen molar-refractivity contribution in [3.63, 3.8) is 0 Å². The lowest BCUT2D eigenvalue weighted by atomic mass is 9.84. The zero-order valence-electron chi connectivity index (χ0n) is 11.0. The average Bonchev–Trinajstić information content (AvgIpc) is 2.64. The molecule has 0 saturated heterocycles. The van der Waals surface area contributed by atoms with Gasteiger partial charge in [0.05, 0.1) is 0 Å². The summed E-state index contributed by atoms with van der Waals surface area (Å²) in [6.45, 7) is 2.24. The van der Waals surface area contributed by atoms with E-state index >= 15 is 0 Å². The highest BCUT2D eigenvalue weighted by Crippen LogP contribution is 2.27. The molecule has 0 aliphatic heterocycles. The topological polar surface area (TPSA) is 55.1 Å². The summed E-state index contributed by atoms with van der Waals surface area (Å²) >= 11 is 0. The van der Waals surface area contributed by atoms with Gasteiger partial charge >= 0.3 is 0 Å². The number of amides is 1. The maximum atomic E-state index is 12.0. The molecule has 98 valence electrons. The van der Waals surface area contributed by atoms with Crippen LogP contribution in [0.15, 0.2) is 0 Å². The molecular weight excluding hydrogens is 212 g/mol. The molecule has 0 radical (unpaired) electrons. The second kappa shape index (κ2) is 5.85. The first-order valence-electron chi connectivity index (χ1n) is 7.20. The van der Waals surface area contributed by atoms with E-state index in [1.165, 1.54) is 25.7 Å². The molecule has 1 amide bonds. The van der Waals surface area contributed by atoms with Crippen LogP contribution < -0.4 is 11.1 Å². The Labute approximate surface area is 105 Å². The van der Waals surface area contributed by atoms with Gasteiger partial charge in [-0.15, -0.1) is 0 Å². The number of nitrogens with one attached hydrogen (secondary N) is 1. The zero-order chi connectivity index (χ0) is 12.3. The Morgan fingerprint density at radius 1 is 1.24 bits per heavy atom. The van der Waals surface area contributed by atoms with Crippen molar-refractivity contribution in [2.24, 2.45) is 17.6 Å². The second-order valence-electron chi connectivity index (χ2n) is 6.08. The second-order valence-corrected chi connectivity index (χ2v) is 6.08. The maximum absolute atomic E-state index is 12.0. The number of carbonyl (C=O) groups excluding carboxylic acids is 1. The van der Waals surface area contributed by atoms with E-state index in [-0.39, 0.29) is 5.91 Å². The quantitative estimate of drug-likeness (QED) is 0.792. The van der Waals surface area contributed by atoms with Crippen LogP contribution in [0.1, 0.15) is 58.3 Å². The standard InChI is InChI=1S/C14H26N2O/c1-10-4-2-7-13(10)16-14(17)9-11-5-3-6-12(15)8-11/h10-13H,2-9,15H2,1H3,(H,16,17). The number of nitrogens with two attached hydrogens (primary N) is 1. The van der Waals surface area contributed by atoms with Crippen LogP contribution in [0.25, 0.3) is 0 Å². The third-order valence-electron chi connectivity index (χ3n) is 4.51. The highest BCUT2D eigenvalue weighted by molar-refractivity contribution is 5.76. The van der Waals surface area contributed by atoms with Crippen molar-refractivity contribution in [2.75, 3.05) is 0 Å². The fraction of sp³-hybridized carbons (Fsp3) is 0.929. The Kier molecular flexibility index (Phi) is 4.43. The lowest BCUT2D eigenvalue weighted by Gasteiger charge is -2.27. The molecule has 17 heavy (non-hydrogen) atoms. The first kappa shape index (κ1) is 12.9. The molecule has 0 heterocycles. The summed E-state index contributed by atoms with van der Waals surface area (Å²) in [6, 6.07) is 0.756. The largest absolute Gasteiger partial charge is 0.353 e. The summed E-state index contributed by atoms with van der Waals surface area (Å²) < 4.78 is 0. The Hall–Kier alpha value is -0.570. The number of carbonyl (C=O) groups is 1. The molecule has 3 heteroatoms. The van der Waals surface area contributed by atoms with Crippen LogP contribution in [0.5, 0.6) is 0 Å². The van der Waals surface area contributed by atoms with Gasteiger partial charge in [-0.1, -0.05) is 19.8 Å². The van der Waals surface area contributed by atoms with Crippen molar-refractivity contribution in [3.8, 4) is 0 Å². The minimum atomic E-state index is 0.253. The minimum Gasteiger partial charge on any atom is -0.353 e. The molecule has 4 atom stereocenters. The van der Waals surface area contributed by atoms with E-state index in [1.54, 1.807) is 0 Å². The Morgan fingerprint density at radius 2 is 2.00 bits per heavy atom. The van der Waals surface area contributed by atoms with Crippen molar-refractivity contribution < 1.29 is 4.79 Å². The van der Waals surface area contributed by atoms with Crippen LogP contribution in [-0.2, 0) is 4.79 Å². The summed E-state index contributed by atoms with van der Waals surface area (Å²) in [6.07, 6.45) is 8.93. The molecule has 0 aromatic rings. The van der Waals surface area contributed by atoms with Gasteiger partial charge in [-0.05, 0) is 43.9 Å². The molecule has 3 N–H and O–H groups in total. The van der Waals surface area contributed by atoms with Gasteiger partial charge in [0.2, 0.25) is 5.91 Å². The van der Waals surface area contributed by atoms with Crippen molar-refractivity contribution >= 4 is 5.91 Å². The van der Waals surface area contributed by atoms with Gasteiger partial charge in [-0.2, -0.15) is 0 Å². The lowest BCUT2D eigenvalue weighted by Crippen LogP contribution is -2.38. The number of hydrogen-bond donors (Lipinski definition) is 2.